The predicted octanol–water partition coefficient (Wildman–Crippen LogP) is 2.23. The van der Waals surface area contributed by atoms with Gasteiger partial charge in [0.15, 0.2) is 0 Å². The van der Waals surface area contributed by atoms with Crippen molar-refractivity contribution in [1.29, 1.82) is 0 Å². The molecule has 0 saturated carbocycles. The van der Waals surface area contributed by atoms with Crippen LogP contribution in [0.25, 0.3) is 0 Å². The summed E-state index contributed by atoms with van der Waals surface area (Å²) in [5.41, 5.74) is 6.44. The fraction of sp³-hybridized carbons (Fsp3) is 0.316. The molecule has 1 unspecified atom stereocenters. The maximum absolute atomic E-state index is 13.0. The fourth-order valence-corrected chi connectivity index (χ4v) is 3.98. The summed E-state index contributed by atoms with van der Waals surface area (Å²) in [6.07, 6.45) is 0. The molecule has 2 aromatic carbocycles. The molecule has 0 aliphatic carbocycles. The van der Waals surface area contributed by atoms with Crippen LogP contribution in [0.1, 0.15) is 24.2 Å². The minimum Gasteiger partial charge on any atom is -0.352 e. The Morgan fingerprint density at radius 2 is 1.85 bits per heavy atom. The van der Waals surface area contributed by atoms with Gasteiger partial charge in [0.05, 0.1) is 10.6 Å². The van der Waals surface area contributed by atoms with Crippen LogP contribution in [0.15, 0.2) is 59.5 Å². The van der Waals surface area contributed by atoms with Crippen molar-refractivity contribution < 1.29 is 13.2 Å². The van der Waals surface area contributed by atoms with Crippen molar-refractivity contribution in [2.75, 3.05) is 23.9 Å². The largest absolute Gasteiger partial charge is 0.352 e. The van der Waals surface area contributed by atoms with Crippen LogP contribution < -0.4 is 15.4 Å². The number of sulfonamides is 1. The number of hydrogen-bond donors (Lipinski definition) is 2. The number of anilines is 1. The molecule has 2 rings (SSSR count). The van der Waals surface area contributed by atoms with E-state index in [1.807, 2.05) is 13.0 Å². The lowest BCUT2D eigenvalue weighted by Gasteiger charge is -2.23. The molecule has 26 heavy (non-hydrogen) atoms. The third-order valence-corrected chi connectivity index (χ3v) is 5.93. The number of carbonyl (C=O) groups is 1. The number of nitrogens with two attached hydrogens (primary N) is 1. The highest BCUT2D eigenvalue weighted by Gasteiger charge is 2.24. The number of amides is 1. The van der Waals surface area contributed by atoms with E-state index >= 15 is 0 Å². The Balaban J connectivity index is 2.29. The molecule has 0 aliphatic heterocycles. The molecule has 0 saturated heterocycles. The maximum atomic E-state index is 13.0. The molecular formula is C19H25N3O3S. The van der Waals surface area contributed by atoms with Crippen LogP contribution in [0.2, 0.25) is 0 Å². The van der Waals surface area contributed by atoms with Crippen LogP contribution in [0.3, 0.4) is 0 Å². The van der Waals surface area contributed by atoms with Gasteiger partial charge in [-0.2, -0.15) is 0 Å². The van der Waals surface area contributed by atoms with Gasteiger partial charge in [0, 0.05) is 18.7 Å². The lowest BCUT2D eigenvalue weighted by Crippen LogP contribution is -2.32. The minimum absolute atomic E-state index is 0.0859. The van der Waals surface area contributed by atoms with Crippen molar-refractivity contribution in [2.45, 2.75) is 18.7 Å². The molecule has 0 aromatic heterocycles. The Kier molecular flexibility index (Phi) is 6.76. The van der Waals surface area contributed by atoms with Gasteiger partial charge in [0.2, 0.25) is 0 Å². The number of nitrogens with zero attached hydrogens (tertiary/aromatic N) is 1. The number of para-hydroxylation sites is 1. The van der Waals surface area contributed by atoms with Gasteiger partial charge < -0.3 is 11.1 Å². The number of hydrogen-bond acceptors (Lipinski definition) is 4. The standard InChI is InChI=1S/C19H25N3O3S/c1-3-22(17-9-5-4-6-10-17)26(24,25)18-11-7-8-16(12-18)19(23)21-14-15(2)13-20/h4-12,15H,3,13-14,20H2,1-2H3,(H,21,23). The summed E-state index contributed by atoms with van der Waals surface area (Å²) in [5.74, 6) is -0.162. The van der Waals surface area contributed by atoms with E-state index in [9.17, 15) is 13.2 Å². The molecular weight excluding hydrogens is 350 g/mol. The predicted molar refractivity (Wildman–Crippen MR) is 104 cm³/mol. The maximum Gasteiger partial charge on any atom is 0.264 e. The number of rotatable bonds is 8. The summed E-state index contributed by atoms with van der Waals surface area (Å²) >= 11 is 0. The molecule has 0 fully saturated rings. The Morgan fingerprint density at radius 3 is 2.46 bits per heavy atom. The van der Waals surface area contributed by atoms with Crippen LogP contribution in [0, 0.1) is 5.92 Å². The second-order valence-corrected chi connectivity index (χ2v) is 7.95. The van der Waals surface area contributed by atoms with Gasteiger partial charge in [-0.3, -0.25) is 9.10 Å². The summed E-state index contributed by atoms with van der Waals surface area (Å²) in [4.78, 5) is 12.4. The van der Waals surface area contributed by atoms with Crippen molar-refractivity contribution in [3.63, 3.8) is 0 Å². The van der Waals surface area contributed by atoms with Crippen molar-refractivity contribution in [2.24, 2.45) is 11.7 Å². The smallest absolute Gasteiger partial charge is 0.264 e. The van der Waals surface area contributed by atoms with Crippen LogP contribution in [0.5, 0.6) is 0 Å². The van der Waals surface area contributed by atoms with E-state index in [4.69, 9.17) is 5.73 Å². The monoisotopic (exact) mass is 375 g/mol. The molecule has 140 valence electrons. The quantitative estimate of drug-likeness (QED) is 0.740. The van der Waals surface area contributed by atoms with Gasteiger partial charge in [-0.05, 0) is 49.7 Å². The topological polar surface area (TPSA) is 92.5 Å². The third kappa shape index (κ3) is 4.62. The Labute approximate surface area is 155 Å². The normalized spacial score (nSPS) is 12.4. The van der Waals surface area contributed by atoms with E-state index in [0.29, 0.717) is 24.3 Å². The molecule has 1 atom stereocenters. The van der Waals surface area contributed by atoms with Crippen molar-refractivity contribution in [1.82, 2.24) is 5.32 Å². The van der Waals surface area contributed by atoms with E-state index < -0.39 is 10.0 Å². The van der Waals surface area contributed by atoms with E-state index in [1.165, 1.54) is 16.4 Å². The SMILES string of the molecule is CCN(c1ccccc1)S(=O)(=O)c1cccc(C(=O)NCC(C)CN)c1. The number of carbonyl (C=O) groups excluding carboxylic acids is 1. The Morgan fingerprint density at radius 1 is 1.15 bits per heavy atom. The van der Waals surface area contributed by atoms with Gasteiger partial charge in [0.25, 0.3) is 15.9 Å². The Hall–Kier alpha value is -2.38. The first kappa shape index (κ1) is 19.9. The zero-order chi connectivity index (χ0) is 19.2. The lowest BCUT2D eigenvalue weighted by molar-refractivity contribution is 0.0948. The summed E-state index contributed by atoms with van der Waals surface area (Å²) in [5, 5.41) is 2.78. The van der Waals surface area contributed by atoms with Gasteiger partial charge >= 0.3 is 0 Å². The second-order valence-electron chi connectivity index (χ2n) is 6.08. The highest BCUT2D eigenvalue weighted by atomic mass is 32.2. The van der Waals surface area contributed by atoms with Gasteiger partial charge in [0.1, 0.15) is 0 Å². The van der Waals surface area contributed by atoms with Gasteiger partial charge in [-0.15, -0.1) is 0 Å². The average molecular weight is 375 g/mol. The van der Waals surface area contributed by atoms with E-state index in [2.05, 4.69) is 5.32 Å². The third-order valence-electron chi connectivity index (χ3n) is 4.03. The van der Waals surface area contributed by atoms with E-state index in [0.717, 1.165) is 0 Å². The molecule has 0 radical (unpaired) electrons. The van der Waals surface area contributed by atoms with Gasteiger partial charge in [-0.1, -0.05) is 31.2 Å². The fourth-order valence-electron chi connectivity index (χ4n) is 2.46. The summed E-state index contributed by atoms with van der Waals surface area (Å²) in [7, 11) is -3.76. The zero-order valence-corrected chi connectivity index (χ0v) is 15.9. The molecule has 3 N–H and O–H groups in total. The lowest BCUT2D eigenvalue weighted by atomic mass is 10.1. The van der Waals surface area contributed by atoms with Crippen LogP contribution >= 0.6 is 0 Å². The average Bonchev–Trinajstić information content (AvgIpc) is 2.67. The van der Waals surface area contributed by atoms with E-state index in [1.54, 1.807) is 43.3 Å². The second kappa shape index (κ2) is 8.82. The van der Waals surface area contributed by atoms with Gasteiger partial charge in [-0.25, -0.2) is 8.42 Å². The first-order valence-electron chi connectivity index (χ1n) is 8.56. The molecule has 6 nitrogen and oxygen atoms in total. The summed E-state index contributed by atoms with van der Waals surface area (Å²) < 4.78 is 27.4. The molecule has 0 bridgehead atoms. The number of nitrogens with one attached hydrogen (secondary N) is 1. The van der Waals surface area contributed by atoms with Crippen LogP contribution in [-0.2, 0) is 10.0 Å². The first-order chi connectivity index (χ1) is 12.4. The molecule has 1 amide bonds. The van der Waals surface area contributed by atoms with E-state index in [-0.39, 0.29) is 23.3 Å². The summed E-state index contributed by atoms with van der Waals surface area (Å²) in [6, 6.07) is 15.0. The number of benzene rings is 2. The van der Waals surface area contributed by atoms with Crippen LogP contribution in [-0.4, -0.2) is 34.0 Å². The highest BCUT2D eigenvalue weighted by Crippen LogP contribution is 2.23. The molecule has 0 heterocycles. The molecule has 7 heteroatoms. The molecule has 2 aromatic rings. The molecule has 0 spiro atoms. The van der Waals surface area contributed by atoms with Crippen LogP contribution in [0.4, 0.5) is 5.69 Å². The summed E-state index contributed by atoms with van der Waals surface area (Å²) in [6.45, 7) is 4.90. The first-order valence-corrected chi connectivity index (χ1v) is 10.00. The zero-order valence-electron chi connectivity index (χ0n) is 15.1. The van der Waals surface area contributed by atoms with Crippen molar-refractivity contribution in [3.05, 3.63) is 60.2 Å². The van der Waals surface area contributed by atoms with Crippen molar-refractivity contribution in [3.8, 4) is 0 Å². The Bertz CT molecular complexity index is 838. The minimum atomic E-state index is -3.76. The van der Waals surface area contributed by atoms with Crippen molar-refractivity contribution >= 4 is 21.6 Å². The molecule has 0 aliphatic rings. The highest BCUT2D eigenvalue weighted by molar-refractivity contribution is 7.92.